The normalized spacial score (nSPS) is 13.9. The largest absolute Gasteiger partial charge is 0.299 e. The van der Waals surface area contributed by atoms with E-state index in [9.17, 15) is 18.8 Å². The summed E-state index contributed by atoms with van der Waals surface area (Å²) < 4.78 is 12.9. The molecule has 0 fully saturated rings. The predicted octanol–water partition coefficient (Wildman–Crippen LogP) is -0.655. The smallest absolute Gasteiger partial charge is 0.295 e. The minimum absolute atomic E-state index is 0.0418. The van der Waals surface area contributed by atoms with Crippen LogP contribution in [0, 0.1) is 5.82 Å². The zero-order valence-corrected chi connectivity index (χ0v) is 8.57. The molecule has 0 saturated carbocycles. The van der Waals surface area contributed by atoms with E-state index in [1.54, 1.807) is 0 Å². The Labute approximate surface area is 95.2 Å². The lowest BCUT2D eigenvalue weighted by atomic mass is 10.1. The summed E-state index contributed by atoms with van der Waals surface area (Å²) in [6.07, 6.45) is 0. The number of nitrogens with one attached hydrogen (secondary N) is 1. The van der Waals surface area contributed by atoms with Crippen LogP contribution >= 0.6 is 0 Å². The van der Waals surface area contributed by atoms with E-state index in [-0.39, 0.29) is 17.8 Å². The van der Waals surface area contributed by atoms with Crippen LogP contribution in [0.1, 0.15) is 10.4 Å². The number of fused-ring (bicyclic) bond motifs is 1. The Balaban J connectivity index is 2.41. The van der Waals surface area contributed by atoms with Gasteiger partial charge in [-0.05, 0) is 18.2 Å². The summed E-state index contributed by atoms with van der Waals surface area (Å²) in [6.45, 7) is -0.375. The zero-order chi connectivity index (χ0) is 12.6. The number of rotatable bonds is 2. The Hall–Kier alpha value is -2.28. The van der Waals surface area contributed by atoms with Gasteiger partial charge in [0.15, 0.2) is 0 Å². The average molecular weight is 237 g/mol. The molecule has 0 spiro atoms. The van der Waals surface area contributed by atoms with Gasteiger partial charge >= 0.3 is 0 Å². The van der Waals surface area contributed by atoms with Gasteiger partial charge in [0.2, 0.25) is 0 Å². The average Bonchev–Trinajstić information content (AvgIpc) is 2.54. The van der Waals surface area contributed by atoms with Crippen molar-refractivity contribution in [3.05, 3.63) is 29.6 Å². The van der Waals surface area contributed by atoms with Gasteiger partial charge in [-0.3, -0.25) is 24.7 Å². The standard InChI is InChI=1S/C10H8FN3O3/c11-5-1-2-7-6(3-5)9(16)10(17)14(7)4-8(15)13-12/h1-3H,4,12H2,(H,13,15). The van der Waals surface area contributed by atoms with E-state index in [4.69, 9.17) is 5.84 Å². The van der Waals surface area contributed by atoms with Gasteiger partial charge < -0.3 is 0 Å². The van der Waals surface area contributed by atoms with E-state index in [1.807, 2.05) is 5.43 Å². The molecule has 0 aliphatic carbocycles. The van der Waals surface area contributed by atoms with Crippen molar-refractivity contribution < 1.29 is 18.8 Å². The number of carbonyl (C=O) groups is 3. The number of hydrogen-bond donors (Lipinski definition) is 2. The Morgan fingerprint density at radius 2 is 2.12 bits per heavy atom. The number of nitrogens with zero attached hydrogens (tertiary/aromatic N) is 1. The predicted molar refractivity (Wildman–Crippen MR) is 55.4 cm³/mol. The molecule has 1 heterocycles. The quantitative estimate of drug-likeness (QED) is 0.309. The molecule has 0 unspecified atom stereocenters. The van der Waals surface area contributed by atoms with Crippen molar-refractivity contribution in [3.63, 3.8) is 0 Å². The van der Waals surface area contributed by atoms with E-state index in [0.29, 0.717) is 0 Å². The van der Waals surface area contributed by atoms with Gasteiger partial charge in [-0.2, -0.15) is 0 Å². The van der Waals surface area contributed by atoms with Crippen LogP contribution in [0.15, 0.2) is 18.2 Å². The number of ketones is 1. The summed E-state index contributed by atoms with van der Waals surface area (Å²) in [4.78, 5) is 35.1. The molecular formula is C10H8FN3O3. The van der Waals surface area contributed by atoms with Gasteiger partial charge in [-0.15, -0.1) is 0 Å². The molecule has 2 rings (SSSR count). The molecule has 1 aromatic carbocycles. The molecule has 0 saturated heterocycles. The number of carbonyl (C=O) groups excluding carboxylic acids is 3. The summed E-state index contributed by atoms with van der Waals surface area (Å²) in [6, 6.07) is 3.35. The van der Waals surface area contributed by atoms with Crippen molar-refractivity contribution in [1.82, 2.24) is 5.43 Å². The summed E-state index contributed by atoms with van der Waals surface area (Å²) in [7, 11) is 0. The molecule has 88 valence electrons. The molecule has 0 bridgehead atoms. The second-order valence-electron chi connectivity index (χ2n) is 3.45. The molecule has 0 aromatic heterocycles. The first-order valence-electron chi connectivity index (χ1n) is 4.70. The van der Waals surface area contributed by atoms with E-state index in [0.717, 1.165) is 17.0 Å². The lowest BCUT2D eigenvalue weighted by Gasteiger charge is -2.14. The van der Waals surface area contributed by atoms with Gasteiger partial charge in [0.25, 0.3) is 17.6 Å². The molecule has 17 heavy (non-hydrogen) atoms. The van der Waals surface area contributed by atoms with Crippen molar-refractivity contribution in [2.24, 2.45) is 5.84 Å². The first kappa shape index (κ1) is 11.2. The van der Waals surface area contributed by atoms with Crippen molar-refractivity contribution in [2.75, 3.05) is 11.4 Å². The topological polar surface area (TPSA) is 92.5 Å². The first-order valence-corrected chi connectivity index (χ1v) is 4.70. The number of benzene rings is 1. The van der Waals surface area contributed by atoms with Crippen LogP contribution in [0.5, 0.6) is 0 Å². The van der Waals surface area contributed by atoms with Crippen molar-refractivity contribution in [3.8, 4) is 0 Å². The molecule has 2 amide bonds. The van der Waals surface area contributed by atoms with Crippen LogP contribution in [-0.4, -0.2) is 24.1 Å². The fraction of sp³-hybridized carbons (Fsp3) is 0.100. The highest BCUT2D eigenvalue weighted by atomic mass is 19.1. The lowest BCUT2D eigenvalue weighted by molar-refractivity contribution is -0.122. The van der Waals surface area contributed by atoms with E-state index in [1.165, 1.54) is 6.07 Å². The third-order valence-corrected chi connectivity index (χ3v) is 2.40. The van der Waals surface area contributed by atoms with Crippen LogP contribution in [-0.2, 0) is 9.59 Å². The Kier molecular flexibility index (Phi) is 2.60. The zero-order valence-electron chi connectivity index (χ0n) is 8.57. The second kappa shape index (κ2) is 3.95. The lowest BCUT2D eigenvalue weighted by Crippen LogP contribution is -2.42. The van der Waals surface area contributed by atoms with E-state index in [2.05, 4.69) is 0 Å². The maximum absolute atomic E-state index is 12.9. The highest BCUT2D eigenvalue weighted by molar-refractivity contribution is 6.52. The second-order valence-corrected chi connectivity index (χ2v) is 3.45. The summed E-state index contributed by atoms with van der Waals surface area (Å²) >= 11 is 0. The summed E-state index contributed by atoms with van der Waals surface area (Å²) in [5.41, 5.74) is 2.02. The third-order valence-electron chi connectivity index (χ3n) is 2.40. The summed E-state index contributed by atoms with van der Waals surface area (Å²) in [5.74, 6) is 1.96. The highest BCUT2D eigenvalue weighted by Gasteiger charge is 2.36. The van der Waals surface area contributed by atoms with Crippen LogP contribution in [0.4, 0.5) is 10.1 Å². The number of hydrazine groups is 1. The number of hydrogen-bond acceptors (Lipinski definition) is 4. The van der Waals surface area contributed by atoms with Gasteiger partial charge in [-0.1, -0.05) is 0 Å². The minimum Gasteiger partial charge on any atom is -0.295 e. The fourth-order valence-corrected chi connectivity index (χ4v) is 1.62. The van der Waals surface area contributed by atoms with Crippen molar-refractivity contribution in [1.29, 1.82) is 0 Å². The number of Topliss-reactive ketones (excluding diaryl/α,β-unsaturated/α-hetero) is 1. The molecule has 1 aliphatic heterocycles. The van der Waals surface area contributed by atoms with Gasteiger partial charge in [0.05, 0.1) is 11.3 Å². The molecule has 0 atom stereocenters. The van der Waals surface area contributed by atoms with Crippen LogP contribution in [0.2, 0.25) is 0 Å². The number of amides is 2. The Bertz CT molecular complexity index is 530. The maximum atomic E-state index is 12.9. The van der Waals surface area contributed by atoms with Gasteiger partial charge in [-0.25, -0.2) is 10.2 Å². The molecule has 7 heteroatoms. The number of halogens is 1. The van der Waals surface area contributed by atoms with E-state index < -0.39 is 23.4 Å². The van der Waals surface area contributed by atoms with Crippen LogP contribution < -0.4 is 16.2 Å². The molecular weight excluding hydrogens is 229 g/mol. The van der Waals surface area contributed by atoms with Crippen molar-refractivity contribution >= 4 is 23.3 Å². The first-order chi connectivity index (χ1) is 8.04. The Morgan fingerprint density at radius 1 is 1.41 bits per heavy atom. The molecule has 0 radical (unpaired) electrons. The van der Waals surface area contributed by atoms with Crippen LogP contribution in [0.25, 0.3) is 0 Å². The fourth-order valence-electron chi connectivity index (χ4n) is 1.62. The van der Waals surface area contributed by atoms with Crippen LogP contribution in [0.3, 0.4) is 0 Å². The van der Waals surface area contributed by atoms with Crippen molar-refractivity contribution in [2.45, 2.75) is 0 Å². The molecule has 1 aromatic rings. The maximum Gasteiger partial charge on any atom is 0.299 e. The molecule has 6 nitrogen and oxygen atoms in total. The number of nitrogens with two attached hydrogens (primary N) is 1. The highest BCUT2D eigenvalue weighted by Crippen LogP contribution is 2.28. The molecule has 3 N–H and O–H groups in total. The van der Waals surface area contributed by atoms with Gasteiger partial charge in [0, 0.05) is 0 Å². The van der Waals surface area contributed by atoms with Gasteiger partial charge in [0.1, 0.15) is 12.4 Å². The monoisotopic (exact) mass is 237 g/mol. The SMILES string of the molecule is NNC(=O)CN1C(=O)C(=O)c2cc(F)ccc21. The molecule has 1 aliphatic rings. The number of anilines is 1. The summed E-state index contributed by atoms with van der Waals surface area (Å²) in [5, 5.41) is 0. The van der Waals surface area contributed by atoms with E-state index >= 15 is 0 Å². The third kappa shape index (κ3) is 1.76. The minimum atomic E-state index is -0.866. The Morgan fingerprint density at radius 3 is 2.76 bits per heavy atom.